The van der Waals surface area contributed by atoms with Crippen molar-refractivity contribution in [2.24, 2.45) is 5.92 Å². The Labute approximate surface area is 175 Å². The first kappa shape index (κ1) is 27.6. The number of allylic oxidation sites excluding steroid dienone is 1. The Hall–Kier alpha value is -0.390. The number of unbranched alkanes of at least 4 members (excludes halogenated alkanes) is 14. The minimum atomic E-state index is -4.35. The molecule has 0 amide bonds. The molecule has 0 bridgehead atoms. The highest BCUT2D eigenvalue weighted by molar-refractivity contribution is 7.80. The molecule has 0 aliphatic rings. The van der Waals surface area contributed by atoms with Gasteiger partial charge in [0.1, 0.15) is 0 Å². The van der Waals surface area contributed by atoms with Crippen molar-refractivity contribution < 1.29 is 17.2 Å². The Morgan fingerprint density at radius 3 is 1.71 bits per heavy atom. The molecule has 0 aliphatic carbocycles. The van der Waals surface area contributed by atoms with Crippen molar-refractivity contribution in [2.45, 2.75) is 123 Å². The zero-order valence-corrected chi connectivity index (χ0v) is 19.4. The zero-order valence-electron chi connectivity index (χ0n) is 18.5. The third kappa shape index (κ3) is 21.9. The number of hydrogen-bond donors (Lipinski definition) is 1. The molecule has 0 radical (unpaired) electrons. The fraction of sp³-hybridized carbons (Fsp3) is 0.913. The van der Waals surface area contributed by atoms with Gasteiger partial charge in [-0.2, -0.15) is 8.42 Å². The second-order valence-corrected chi connectivity index (χ2v) is 9.17. The van der Waals surface area contributed by atoms with Crippen LogP contribution in [0.15, 0.2) is 12.2 Å². The van der Waals surface area contributed by atoms with Crippen LogP contribution in [0.2, 0.25) is 0 Å². The molecule has 0 aliphatic heterocycles. The van der Waals surface area contributed by atoms with Crippen molar-refractivity contribution in [3.05, 3.63) is 12.2 Å². The smallest absolute Gasteiger partial charge is 0.264 e. The molecular formula is C23H46O4S. The van der Waals surface area contributed by atoms with Gasteiger partial charge in [-0.3, -0.25) is 4.55 Å². The molecule has 1 N–H and O–H groups in total. The lowest BCUT2D eigenvalue weighted by atomic mass is 9.99. The van der Waals surface area contributed by atoms with Crippen molar-refractivity contribution >= 4 is 10.4 Å². The first-order chi connectivity index (χ1) is 13.5. The van der Waals surface area contributed by atoms with Gasteiger partial charge in [0.05, 0.1) is 6.61 Å². The Bertz CT molecular complexity index is 446. The average Bonchev–Trinajstić information content (AvgIpc) is 2.65. The molecule has 0 aromatic heterocycles. The van der Waals surface area contributed by atoms with Crippen molar-refractivity contribution in [2.75, 3.05) is 6.61 Å². The van der Waals surface area contributed by atoms with Crippen LogP contribution >= 0.6 is 0 Å². The normalized spacial score (nSPS) is 13.4. The number of rotatable bonds is 21. The fourth-order valence-electron chi connectivity index (χ4n) is 3.46. The highest BCUT2D eigenvalue weighted by Gasteiger charge is 2.11. The lowest BCUT2D eigenvalue weighted by Gasteiger charge is -2.12. The molecule has 168 valence electrons. The quantitative estimate of drug-likeness (QED) is 0.118. The molecule has 0 saturated heterocycles. The van der Waals surface area contributed by atoms with E-state index in [-0.39, 0.29) is 12.5 Å². The summed E-state index contributed by atoms with van der Waals surface area (Å²) >= 11 is 0. The molecule has 0 fully saturated rings. The summed E-state index contributed by atoms with van der Waals surface area (Å²) in [5, 5.41) is 0. The summed E-state index contributed by atoms with van der Waals surface area (Å²) in [4.78, 5) is 0. The standard InChI is InChI=1S/C23H46O4S/c1-3-5-7-9-11-13-15-17-19-21-23(22-27-28(24,25)26)20-18-16-14-12-10-8-6-4-2/h18,20,23H,3-17,19,21-22H2,1-2H3,(H,24,25,26)/b20-18+. The van der Waals surface area contributed by atoms with Crippen LogP contribution in [0.25, 0.3) is 0 Å². The fourth-order valence-corrected chi connectivity index (χ4v) is 3.80. The van der Waals surface area contributed by atoms with E-state index >= 15 is 0 Å². The summed E-state index contributed by atoms with van der Waals surface area (Å²) < 4.78 is 35.2. The third-order valence-corrected chi connectivity index (χ3v) is 5.68. The molecule has 0 spiro atoms. The van der Waals surface area contributed by atoms with E-state index in [9.17, 15) is 8.42 Å². The van der Waals surface area contributed by atoms with Gasteiger partial charge in [0.2, 0.25) is 0 Å². The zero-order chi connectivity index (χ0) is 20.9. The van der Waals surface area contributed by atoms with Gasteiger partial charge in [-0.25, -0.2) is 4.18 Å². The van der Waals surface area contributed by atoms with E-state index in [1.807, 2.05) is 0 Å². The van der Waals surface area contributed by atoms with Gasteiger partial charge in [-0.05, 0) is 19.3 Å². The van der Waals surface area contributed by atoms with Crippen LogP contribution in [0.1, 0.15) is 123 Å². The van der Waals surface area contributed by atoms with Crippen molar-refractivity contribution in [3.8, 4) is 0 Å². The molecule has 0 heterocycles. The Morgan fingerprint density at radius 1 is 0.750 bits per heavy atom. The van der Waals surface area contributed by atoms with E-state index in [4.69, 9.17) is 4.55 Å². The summed E-state index contributed by atoms with van der Waals surface area (Å²) in [5.74, 6) is 0.0616. The second-order valence-electron chi connectivity index (χ2n) is 8.07. The molecule has 0 rings (SSSR count). The molecule has 1 unspecified atom stereocenters. The van der Waals surface area contributed by atoms with Crippen LogP contribution in [0, 0.1) is 5.92 Å². The SMILES string of the molecule is CCCCCCCC/C=C/C(CCCCCCCCCCC)COS(=O)(=O)O. The molecule has 28 heavy (non-hydrogen) atoms. The molecular weight excluding hydrogens is 372 g/mol. The third-order valence-electron chi connectivity index (χ3n) is 5.24. The molecule has 4 nitrogen and oxygen atoms in total. The topological polar surface area (TPSA) is 63.6 Å². The van der Waals surface area contributed by atoms with Gasteiger partial charge in [-0.1, -0.05) is 116 Å². The highest BCUT2D eigenvalue weighted by atomic mass is 32.3. The van der Waals surface area contributed by atoms with E-state index in [0.29, 0.717) is 0 Å². The lowest BCUT2D eigenvalue weighted by molar-refractivity contribution is 0.234. The van der Waals surface area contributed by atoms with Gasteiger partial charge in [0.15, 0.2) is 0 Å². The second kappa shape index (κ2) is 19.9. The average molecular weight is 419 g/mol. The summed E-state index contributed by atoms with van der Waals surface area (Å²) in [7, 11) is -4.35. The molecule has 0 aromatic carbocycles. The van der Waals surface area contributed by atoms with Crippen LogP contribution < -0.4 is 0 Å². The van der Waals surface area contributed by atoms with Crippen molar-refractivity contribution in [3.63, 3.8) is 0 Å². The van der Waals surface area contributed by atoms with Crippen LogP contribution in [0.5, 0.6) is 0 Å². The monoisotopic (exact) mass is 418 g/mol. The molecule has 0 aromatic rings. The van der Waals surface area contributed by atoms with Crippen LogP contribution in [-0.2, 0) is 14.6 Å². The largest absolute Gasteiger partial charge is 0.397 e. The highest BCUT2D eigenvalue weighted by Crippen LogP contribution is 2.16. The van der Waals surface area contributed by atoms with Gasteiger partial charge in [0.25, 0.3) is 0 Å². The number of hydrogen-bond acceptors (Lipinski definition) is 3. The molecule has 1 atom stereocenters. The van der Waals surface area contributed by atoms with E-state index in [1.165, 1.54) is 89.9 Å². The predicted octanol–water partition coefficient (Wildman–Crippen LogP) is 7.65. The van der Waals surface area contributed by atoms with Crippen LogP contribution in [0.4, 0.5) is 0 Å². The molecule has 0 saturated carbocycles. The minimum absolute atomic E-state index is 0.0445. The summed E-state index contributed by atoms with van der Waals surface area (Å²) in [6.07, 6.45) is 25.3. The van der Waals surface area contributed by atoms with Crippen LogP contribution in [0.3, 0.4) is 0 Å². The maximum Gasteiger partial charge on any atom is 0.397 e. The van der Waals surface area contributed by atoms with E-state index in [1.54, 1.807) is 0 Å². The summed E-state index contributed by atoms with van der Waals surface area (Å²) in [6.45, 7) is 4.51. The van der Waals surface area contributed by atoms with Crippen molar-refractivity contribution in [1.29, 1.82) is 0 Å². The predicted molar refractivity (Wildman–Crippen MR) is 120 cm³/mol. The van der Waals surface area contributed by atoms with Crippen molar-refractivity contribution in [1.82, 2.24) is 0 Å². The summed E-state index contributed by atoms with van der Waals surface area (Å²) in [5.41, 5.74) is 0. The van der Waals surface area contributed by atoms with Crippen LogP contribution in [-0.4, -0.2) is 19.6 Å². The molecule has 5 heteroatoms. The maximum atomic E-state index is 10.9. The Morgan fingerprint density at radius 2 is 1.21 bits per heavy atom. The Kier molecular flexibility index (Phi) is 19.6. The van der Waals surface area contributed by atoms with E-state index in [0.717, 1.165) is 19.3 Å². The summed E-state index contributed by atoms with van der Waals surface area (Å²) in [6, 6.07) is 0. The van der Waals surface area contributed by atoms with Gasteiger partial charge in [0, 0.05) is 5.92 Å². The van der Waals surface area contributed by atoms with E-state index < -0.39 is 10.4 Å². The first-order valence-electron chi connectivity index (χ1n) is 11.8. The van der Waals surface area contributed by atoms with Gasteiger partial charge >= 0.3 is 10.4 Å². The maximum absolute atomic E-state index is 10.9. The Balaban J connectivity index is 3.95. The van der Waals surface area contributed by atoms with Gasteiger partial charge in [-0.15, -0.1) is 0 Å². The first-order valence-corrected chi connectivity index (χ1v) is 13.1. The minimum Gasteiger partial charge on any atom is -0.264 e. The van der Waals surface area contributed by atoms with E-state index in [2.05, 4.69) is 30.2 Å². The van der Waals surface area contributed by atoms with Gasteiger partial charge < -0.3 is 0 Å². The lowest BCUT2D eigenvalue weighted by Crippen LogP contribution is -2.12.